The predicted molar refractivity (Wildman–Crippen MR) is 43.5 cm³/mol. The van der Waals surface area contributed by atoms with Gasteiger partial charge in [0.2, 0.25) is 0 Å². The summed E-state index contributed by atoms with van der Waals surface area (Å²) in [6.07, 6.45) is 5.54. The zero-order chi connectivity index (χ0) is 8.15. The lowest BCUT2D eigenvalue weighted by Gasteiger charge is -2.20. The van der Waals surface area contributed by atoms with Gasteiger partial charge < -0.3 is 5.11 Å². The third kappa shape index (κ3) is 2.89. The fourth-order valence-corrected chi connectivity index (χ4v) is 1.10. The van der Waals surface area contributed by atoms with Crippen molar-refractivity contribution in [3.05, 3.63) is 0 Å². The van der Waals surface area contributed by atoms with E-state index in [4.69, 9.17) is 6.42 Å². The summed E-state index contributed by atoms with van der Waals surface area (Å²) in [6.45, 7) is 5.95. The molecule has 2 atom stereocenters. The van der Waals surface area contributed by atoms with Gasteiger partial charge in [0.05, 0.1) is 6.10 Å². The normalized spacial score (nSPS) is 16.4. The van der Waals surface area contributed by atoms with Gasteiger partial charge in [0.25, 0.3) is 0 Å². The van der Waals surface area contributed by atoms with Crippen LogP contribution in [0.5, 0.6) is 0 Å². The number of rotatable bonds is 3. The fraction of sp³-hybridized carbons (Fsp3) is 0.778. The van der Waals surface area contributed by atoms with Crippen LogP contribution in [0.4, 0.5) is 0 Å². The minimum atomic E-state index is -0.281. The van der Waals surface area contributed by atoms with Crippen molar-refractivity contribution in [2.75, 3.05) is 0 Å². The van der Waals surface area contributed by atoms with Gasteiger partial charge in [0, 0.05) is 6.42 Å². The first kappa shape index (κ1) is 9.52. The second-order valence-corrected chi connectivity index (χ2v) is 3.06. The van der Waals surface area contributed by atoms with Crippen LogP contribution < -0.4 is 0 Å². The van der Waals surface area contributed by atoms with Gasteiger partial charge in [-0.05, 0) is 18.8 Å². The maximum atomic E-state index is 9.22. The lowest BCUT2D eigenvalue weighted by molar-refractivity contribution is 0.101. The molecule has 0 aromatic heterocycles. The van der Waals surface area contributed by atoms with E-state index in [1.54, 1.807) is 6.92 Å². The molecule has 0 bridgehead atoms. The van der Waals surface area contributed by atoms with E-state index in [9.17, 15) is 5.11 Å². The summed E-state index contributed by atoms with van der Waals surface area (Å²) in [5.74, 6) is 3.29. The van der Waals surface area contributed by atoms with Gasteiger partial charge in [-0.3, -0.25) is 0 Å². The molecule has 0 fully saturated rings. The Morgan fingerprint density at radius 3 is 2.00 bits per heavy atom. The lowest BCUT2D eigenvalue weighted by atomic mass is 9.88. The van der Waals surface area contributed by atoms with Crippen molar-refractivity contribution in [2.24, 2.45) is 11.8 Å². The highest BCUT2D eigenvalue weighted by Gasteiger charge is 2.16. The predicted octanol–water partition coefficient (Wildman–Crippen LogP) is 1.66. The molecule has 1 heteroatoms. The number of aliphatic hydroxyl groups excluding tert-OH is 1. The smallest absolute Gasteiger partial charge is 0.0551 e. The van der Waals surface area contributed by atoms with Gasteiger partial charge >= 0.3 is 0 Å². The summed E-state index contributed by atoms with van der Waals surface area (Å²) in [6, 6.07) is 0. The Bertz CT molecular complexity index is 111. The molecular weight excluding hydrogens is 124 g/mol. The Hall–Kier alpha value is -0.480. The van der Waals surface area contributed by atoms with Crippen LogP contribution >= 0.6 is 0 Å². The van der Waals surface area contributed by atoms with E-state index < -0.39 is 0 Å². The molecule has 0 aromatic rings. The molecule has 58 valence electrons. The van der Waals surface area contributed by atoms with Crippen LogP contribution in [0.1, 0.15) is 27.2 Å². The van der Waals surface area contributed by atoms with Crippen LogP contribution in [0.2, 0.25) is 0 Å². The monoisotopic (exact) mass is 140 g/mol. The molecule has 0 aliphatic rings. The summed E-state index contributed by atoms with van der Waals surface area (Å²) in [5, 5.41) is 9.22. The Kier molecular flexibility index (Phi) is 4.14. The Morgan fingerprint density at radius 1 is 1.40 bits per heavy atom. The molecule has 0 saturated carbocycles. The standard InChI is InChI=1S/C9H16O/c1-5-6-9(7(2)3)8(4)10/h1,7-10H,6H2,2-4H3. The summed E-state index contributed by atoms with van der Waals surface area (Å²) in [4.78, 5) is 0. The maximum absolute atomic E-state index is 9.22. The number of aliphatic hydroxyl groups is 1. The Labute approximate surface area is 63.5 Å². The fourth-order valence-electron chi connectivity index (χ4n) is 1.10. The summed E-state index contributed by atoms with van der Waals surface area (Å²) >= 11 is 0. The van der Waals surface area contributed by atoms with E-state index in [-0.39, 0.29) is 12.0 Å². The molecule has 0 saturated heterocycles. The molecule has 0 aromatic carbocycles. The first-order valence-corrected chi connectivity index (χ1v) is 3.71. The van der Waals surface area contributed by atoms with Gasteiger partial charge in [0.1, 0.15) is 0 Å². The molecule has 0 radical (unpaired) electrons. The summed E-state index contributed by atoms with van der Waals surface area (Å²) < 4.78 is 0. The van der Waals surface area contributed by atoms with E-state index in [1.165, 1.54) is 0 Å². The van der Waals surface area contributed by atoms with Crippen molar-refractivity contribution in [3.8, 4) is 12.3 Å². The van der Waals surface area contributed by atoms with Gasteiger partial charge in [0.15, 0.2) is 0 Å². The van der Waals surface area contributed by atoms with Gasteiger partial charge in [-0.25, -0.2) is 0 Å². The second kappa shape index (κ2) is 4.35. The summed E-state index contributed by atoms with van der Waals surface area (Å²) in [5.41, 5.74) is 0. The second-order valence-electron chi connectivity index (χ2n) is 3.06. The Balaban J connectivity index is 3.88. The lowest BCUT2D eigenvalue weighted by Crippen LogP contribution is -2.21. The molecule has 0 aliphatic heterocycles. The quantitative estimate of drug-likeness (QED) is 0.591. The van der Waals surface area contributed by atoms with Crippen LogP contribution in [0.25, 0.3) is 0 Å². The van der Waals surface area contributed by atoms with Gasteiger partial charge in [-0.15, -0.1) is 12.3 Å². The zero-order valence-electron chi connectivity index (χ0n) is 6.96. The van der Waals surface area contributed by atoms with Gasteiger partial charge in [-0.2, -0.15) is 0 Å². The zero-order valence-corrected chi connectivity index (χ0v) is 6.96. The number of hydrogen-bond acceptors (Lipinski definition) is 1. The minimum absolute atomic E-state index is 0.255. The molecule has 0 amide bonds. The molecule has 0 heterocycles. The van der Waals surface area contributed by atoms with Crippen LogP contribution in [-0.4, -0.2) is 11.2 Å². The largest absolute Gasteiger partial charge is 0.393 e. The average Bonchev–Trinajstić information content (AvgIpc) is 1.81. The molecule has 10 heavy (non-hydrogen) atoms. The molecule has 0 aliphatic carbocycles. The SMILES string of the molecule is C#CCC(C(C)C)C(C)O. The molecule has 1 nitrogen and oxygen atoms in total. The number of terminal acetylenes is 1. The van der Waals surface area contributed by atoms with Crippen molar-refractivity contribution in [2.45, 2.75) is 33.3 Å². The molecule has 0 rings (SSSR count). The topological polar surface area (TPSA) is 20.2 Å². The van der Waals surface area contributed by atoms with Crippen LogP contribution in [0.3, 0.4) is 0 Å². The van der Waals surface area contributed by atoms with Crippen LogP contribution in [0.15, 0.2) is 0 Å². The average molecular weight is 140 g/mol. The first-order chi connectivity index (χ1) is 4.59. The first-order valence-electron chi connectivity index (χ1n) is 3.71. The van der Waals surface area contributed by atoms with E-state index in [2.05, 4.69) is 19.8 Å². The van der Waals surface area contributed by atoms with E-state index >= 15 is 0 Å². The van der Waals surface area contributed by atoms with E-state index in [0.717, 1.165) is 0 Å². The van der Waals surface area contributed by atoms with Crippen LogP contribution in [-0.2, 0) is 0 Å². The maximum Gasteiger partial charge on any atom is 0.0551 e. The van der Waals surface area contributed by atoms with Crippen molar-refractivity contribution < 1.29 is 5.11 Å². The van der Waals surface area contributed by atoms with Gasteiger partial charge in [-0.1, -0.05) is 13.8 Å². The molecule has 2 unspecified atom stereocenters. The number of hydrogen-bond donors (Lipinski definition) is 1. The van der Waals surface area contributed by atoms with E-state index in [1.807, 2.05) is 0 Å². The van der Waals surface area contributed by atoms with Crippen molar-refractivity contribution in [1.82, 2.24) is 0 Å². The van der Waals surface area contributed by atoms with Crippen LogP contribution in [0, 0.1) is 24.2 Å². The molecule has 1 N–H and O–H groups in total. The highest BCUT2D eigenvalue weighted by atomic mass is 16.3. The molecule has 0 spiro atoms. The highest BCUT2D eigenvalue weighted by molar-refractivity contribution is 4.89. The van der Waals surface area contributed by atoms with E-state index in [0.29, 0.717) is 12.3 Å². The van der Waals surface area contributed by atoms with Crippen molar-refractivity contribution in [3.63, 3.8) is 0 Å². The molecular formula is C9H16O. The third-order valence-electron chi connectivity index (χ3n) is 1.83. The van der Waals surface area contributed by atoms with Crippen molar-refractivity contribution >= 4 is 0 Å². The summed E-state index contributed by atoms with van der Waals surface area (Å²) in [7, 11) is 0. The third-order valence-corrected chi connectivity index (χ3v) is 1.83. The minimum Gasteiger partial charge on any atom is -0.393 e. The Morgan fingerprint density at radius 2 is 1.90 bits per heavy atom. The highest BCUT2D eigenvalue weighted by Crippen LogP contribution is 2.18. The van der Waals surface area contributed by atoms with Crippen molar-refractivity contribution in [1.29, 1.82) is 0 Å².